The van der Waals surface area contributed by atoms with E-state index in [0.717, 1.165) is 11.3 Å². The summed E-state index contributed by atoms with van der Waals surface area (Å²) in [7, 11) is -4.98. The van der Waals surface area contributed by atoms with Crippen LogP contribution in [0, 0.1) is 0 Å². The normalized spacial score (nSPS) is 22.0. The summed E-state index contributed by atoms with van der Waals surface area (Å²) in [5.74, 6) is 0. The molecule has 0 saturated carbocycles. The molecule has 0 spiro atoms. The second-order valence-electron chi connectivity index (χ2n) is 6.32. The number of aromatic nitrogens is 3. The van der Waals surface area contributed by atoms with Crippen LogP contribution in [0.4, 0.5) is 4.79 Å². The molecule has 138 valence electrons. The summed E-state index contributed by atoms with van der Waals surface area (Å²) in [5, 5.41) is 8.94. The van der Waals surface area contributed by atoms with Crippen molar-refractivity contribution < 1.29 is 51.6 Å². The summed E-state index contributed by atoms with van der Waals surface area (Å²) in [5.41, 5.74) is 1.68. The first-order chi connectivity index (χ1) is 12.4. The van der Waals surface area contributed by atoms with Crippen LogP contribution in [-0.4, -0.2) is 62.6 Å². The zero-order chi connectivity index (χ0) is 18.3. The number of amides is 2. The van der Waals surface area contributed by atoms with Gasteiger partial charge in [0.05, 0.1) is 24.8 Å². The van der Waals surface area contributed by atoms with Crippen molar-refractivity contribution >= 4 is 16.4 Å². The fourth-order valence-corrected chi connectivity index (χ4v) is 3.82. The number of urea groups is 1. The van der Waals surface area contributed by atoms with E-state index in [0.29, 0.717) is 31.0 Å². The van der Waals surface area contributed by atoms with Crippen LogP contribution in [0.3, 0.4) is 0 Å². The van der Waals surface area contributed by atoms with Crippen LogP contribution in [0.2, 0.25) is 0 Å². The summed E-state index contributed by atoms with van der Waals surface area (Å²) in [6, 6.07) is 8.39. The van der Waals surface area contributed by atoms with Crippen LogP contribution >= 0.6 is 0 Å². The van der Waals surface area contributed by atoms with E-state index in [9.17, 15) is 17.8 Å². The molecule has 0 unspecified atom stereocenters. The third-order valence-corrected chi connectivity index (χ3v) is 4.97. The van der Waals surface area contributed by atoms with Gasteiger partial charge in [-0.1, -0.05) is 35.5 Å². The van der Waals surface area contributed by atoms with Gasteiger partial charge in [0.15, 0.2) is 0 Å². The van der Waals surface area contributed by atoms with Crippen molar-refractivity contribution in [1.29, 1.82) is 0 Å². The Balaban J connectivity index is 0.00000210. The van der Waals surface area contributed by atoms with E-state index in [1.165, 1.54) is 4.90 Å². The predicted octanol–water partition coefficient (Wildman–Crippen LogP) is -2.39. The van der Waals surface area contributed by atoms with Crippen molar-refractivity contribution in [1.82, 2.24) is 25.0 Å². The molecule has 0 radical (unpaired) electrons. The molecule has 10 nitrogen and oxygen atoms in total. The number of nitrogens with zero attached hydrogens (tertiary/aromatic N) is 5. The van der Waals surface area contributed by atoms with Gasteiger partial charge in [-0.3, -0.25) is 0 Å². The molecule has 2 atom stereocenters. The molecule has 0 N–H and O–H groups in total. The van der Waals surface area contributed by atoms with E-state index in [2.05, 4.69) is 14.6 Å². The number of hydrogen-bond donors (Lipinski definition) is 0. The molecule has 0 aliphatic carbocycles. The molecule has 4 rings (SSSR count). The van der Waals surface area contributed by atoms with Gasteiger partial charge < -0.3 is 9.45 Å². The molecular weight excluding hydrogens is 385 g/mol. The Morgan fingerprint density at radius 3 is 2.67 bits per heavy atom. The number of fused-ring (bicyclic) bond motifs is 2. The summed E-state index contributed by atoms with van der Waals surface area (Å²) in [4.78, 5) is 13.9. The molecule has 2 aromatic rings. The van der Waals surface area contributed by atoms with Gasteiger partial charge in [-0.15, -0.1) is 5.10 Å². The fraction of sp³-hybridized carbons (Fsp3) is 0.400. The second-order valence-corrected chi connectivity index (χ2v) is 7.29. The van der Waals surface area contributed by atoms with E-state index in [4.69, 9.17) is 0 Å². The average molecular weight is 401 g/mol. The SMILES string of the molecule is O=C1N2C[C@@H](CC[C@H]2Cn2cc(-c3ccccc3)nn2)N1OS(=O)(=O)[O-].[Na+]. The van der Waals surface area contributed by atoms with Crippen molar-refractivity contribution in [3.05, 3.63) is 36.5 Å². The summed E-state index contributed by atoms with van der Waals surface area (Å²) in [6.45, 7) is 0.746. The maximum absolute atomic E-state index is 12.4. The average Bonchev–Trinajstić information content (AvgIpc) is 3.16. The zero-order valence-corrected chi connectivity index (χ0v) is 17.4. The van der Waals surface area contributed by atoms with Crippen LogP contribution in [0.15, 0.2) is 36.5 Å². The maximum atomic E-state index is 12.4. The van der Waals surface area contributed by atoms with Crippen LogP contribution in [0.5, 0.6) is 0 Å². The number of hydrogen-bond acceptors (Lipinski definition) is 7. The topological polar surface area (TPSA) is 121 Å². The van der Waals surface area contributed by atoms with Gasteiger partial charge in [0.2, 0.25) is 10.4 Å². The van der Waals surface area contributed by atoms with E-state index >= 15 is 0 Å². The molecule has 2 amide bonds. The minimum atomic E-state index is -4.98. The third-order valence-electron chi connectivity index (χ3n) is 4.62. The number of rotatable bonds is 5. The van der Waals surface area contributed by atoms with Crippen molar-refractivity contribution in [2.75, 3.05) is 6.54 Å². The van der Waals surface area contributed by atoms with E-state index < -0.39 is 22.5 Å². The molecule has 2 bridgehead atoms. The Bertz CT molecular complexity index is 922. The van der Waals surface area contributed by atoms with Gasteiger partial charge in [-0.25, -0.2) is 17.9 Å². The third kappa shape index (κ3) is 4.33. The number of hydroxylamine groups is 2. The zero-order valence-electron chi connectivity index (χ0n) is 14.6. The summed E-state index contributed by atoms with van der Waals surface area (Å²) in [6.07, 6.45) is 3.00. The fourth-order valence-electron chi connectivity index (χ4n) is 3.44. The van der Waals surface area contributed by atoms with Gasteiger partial charge in [0.1, 0.15) is 5.69 Å². The van der Waals surface area contributed by atoms with Crippen LogP contribution < -0.4 is 29.6 Å². The molecule has 3 heterocycles. The van der Waals surface area contributed by atoms with Gasteiger partial charge in [-0.2, -0.15) is 9.35 Å². The maximum Gasteiger partial charge on any atom is 1.00 e. The Morgan fingerprint density at radius 1 is 1.22 bits per heavy atom. The Kier molecular flexibility index (Phi) is 5.89. The predicted molar refractivity (Wildman–Crippen MR) is 87.0 cm³/mol. The first-order valence-electron chi connectivity index (χ1n) is 8.11. The minimum Gasteiger partial charge on any atom is -0.724 e. The van der Waals surface area contributed by atoms with E-state index in [1.54, 1.807) is 10.9 Å². The number of carbonyl (C=O) groups excluding carboxylic acids is 1. The van der Waals surface area contributed by atoms with Crippen molar-refractivity contribution in [2.45, 2.75) is 31.5 Å². The van der Waals surface area contributed by atoms with Crippen LogP contribution in [0.1, 0.15) is 12.8 Å². The van der Waals surface area contributed by atoms with Gasteiger partial charge >= 0.3 is 35.6 Å². The number of piperidine rings is 1. The molecule has 1 aromatic heterocycles. The Hall–Kier alpha value is -1.50. The largest absolute Gasteiger partial charge is 1.00 e. The first kappa shape index (κ1) is 20.2. The van der Waals surface area contributed by atoms with Crippen molar-refractivity contribution in [2.24, 2.45) is 0 Å². The Morgan fingerprint density at radius 2 is 1.96 bits per heavy atom. The summed E-state index contributed by atoms with van der Waals surface area (Å²) >= 11 is 0. The van der Waals surface area contributed by atoms with Crippen molar-refractivity contribution in [3.8, 4) is 11.3 Å². The summed E-state index contributed by atoms with van der Waals surface area (Å²) < 4.78 is 38.4. The smallest absolute Gasteiger partial charge is 0.724 e. The van der Waals surface area contributed by atoms with Crippen LogP contribution in [-0.2, 0) is 21.2 Å². The van der Waals surface area contributed by atoms with E-state index in [-0.39, 0.29) is 35.6 Å². The molecule has 2 aliphatic rings. The van der Waals surface area contributed by atoms with Crippen LogP contribution in [0.25, 0.3) is 11.3 Å². The molecule has 2 fully saturated rings. The standard InChI is InChI=1S/C15H17N5O5S.Na/c21-15-19-9-13(20(15)25-26(22,23)24)7-6-12(19)8-18-10-14(16-17-18)11-4-2-1-3-5-11;/h1-5,10,12-13H,6-9H2,(H,22,23,24);/q;+1/p-1/t12-,13+;/m0./s1. The molecule has 2 aliphatic heterocycles. The second kappa shape index (κ2) is 7.86. The van der Waals surface area contributed by atoms with Crippen molar-refractivity contribution in [3.63, 3.8) is 0 Å². The molecule has 2 saturated heterocycles. The monoisotopic (exact) mass is 401 g/mol. The van der Waals surface area contributed by atoms with Gasteiger partial charge in [0, 0.05) is 12.1 Å². The van der Waals surface area contributed by atoms with Gasteiger partial charge in [-0.05, 0) is 12.8 Å². The number of benzene rings is 1. The number of carbonyl (C=O) groups is 1. The minimum absolute atomic E-state index is 0. The molecule has 27 heavy (non-hydrogen) atoms. The first-order valence-corrected chi connectivity index (χ1v) is 9.45. The Labute approximate surface area is 178 Å². The molecular formula is C15H16N5NaO5S. The van der Waals surface area contributed by atoms with Gasteiger partial charge in [0.25, 0.3) is 0 Å². The molecule has 1 aromatic carbocycles. The molecule has 12 heteroatoms. The van der Waals surface area contributed by atoms with E-state index in [1.807, 2.05) is 30.3 Å². The quantitative estimate of drug-likeness (QED) is 0.311.